The lowest BCUT2D eigenvalue weighted by atomic mass is 10.2. The summed E-state index contributed by atoms with van der Waals surface area (Å²) in [7, 11) is 0. The van der Waals surface area contributed by atoms with Gasteiger partial charge in [-0.25, -0.2) is 4.39 Å². The molecular formula is C9H6ClFO. The summed E-state index contributed by atoms with van der Waals surface area (Å²) >= 11 is 5.06. The molecule has 0 saturated heterocycles. The second-order valence-corrected chi connectivity index (χ2v) is 2.56. The Labute approximate surface area is 74.5 Å². The summed E-state index contributed by atoms with van der Waals surface area (Å²) < 4.78 is 12.4. The quantitative estimate of drug-likeness (QED) is 0.510. The SMILES string of the molecule is O=C(Cl)C=Cc1ccc(F)cc1. The Balaban J connectivity index is 2.77. The summed E-state index contributed by atoms with van der Waals surface area (Å²) in [6, 6.07) is 5.76. The topological polar surface area (TPSA) is 17.1 Å². The molecule has 3 heteroatoms. The van der Waals surface area contributed by atoms with Crippen LogP contribution >= 0.6 is 11.6 Å². The molecule has 0 heterocycles. The zero-order valence-electron chi connectivity index (χ0n) is 6.13. The lowest BCUT2D eigenvalue weighted by Crippen LogP contribution is -1.77. The molecule has 0 N–H and O–H groups in total. The Morgan fingerprint density at radius 2 is 1.92 bits per heavy atom. The average Bonchev–Trinajstić information content (AvgIpc) is 2.03. The third-order valence-corrected chi connectivity index (χ3v) is 1.40. The highest BCUT2D eigenvalue weighted by molar-refractivity contribution is 6.66. The van der Waals surface area contributed by atoms with Crippen LogP contribution < -0.4 is 0 Å². The first kappa shape index (κ1) is 8.94. The second-order valence-electron chi connectivity index (χ2n) is 2.19. The molecule has 0 aliphatic carbocycles. The molecule has 0 spiro atoms. The van der Waals surface area contributed by atoms with E-state index < -0.39 is 5.24 Å². The van der Waals surface area contributed by atoms with Crippen LogP contribution in [0.3, 0.4) is 0 Å². The molecule has 1 rings (SSSR count). The van der Waals surface area contributed by atoms with Gasteiger partial charge in [-0.05, 0) is 35.4 Å². The van der Waals surface area contributed by atoms with E-state index in [1.165, 1.54) is 24.3 Å². The minimum atomic E-state index is -0.542. The minimum Gasteiger partial charge on any atom is -0.276 e. The van der Waals surface area contributed by atoms with Gasteiger partial charge in [0.2, 0.25) is 5.24 Å². The van der Waals surface area contributed by atoms with Crippen LogP contribution in [0.5, 0.6) is 0 Å². The molecule has 0 saturated carbocycles. The highest BCUT2D eigenvalue weighted by Gasteiger charge is 1.89. The molecule has 0 radical (unpaired) electrons. The Hall–Kier alpha value is -1.15. The first-order valence-electron chi connectivity index (χ1n) is 3.31. The maximum atomic E-state index is 12.4. The third-order valence-electron chi connectivity index (χ3n) is 1.28. The predicted octanol–water partition coefficient (Wildman–Crippen LogP) is 2.60. The number of carbonyl (C=O) groups is 1. The Morgan fingerprint density at radius 1 is 1.33 bits per heavy atom. The van der Waals surface area contributed by atoms with Gasteiger partial charge in [-0.15, -0.1) is 0 Å². The Kier molecular flexibility index (Phi) is 3.00. The third kappa shape index (κ3) is 2.84. The fourth-order valence-corrected chi connectivity index (χ4v) is 0.799. The summed E-state index contributed by atoms with van der Waals surface area (Å²) in [4.78, 5) is 10.3. The first-order valence-corrected chi connectivity index (χ1v) is 3.69. The highest BCUT2D eigenvalue weighted by Crippen LogP contribution is 2.04. The lowest BCUT2D eigenvalue weighted by molar-refractivity contribution is -0.107. The van der Waals surface area contributed by atoms with Gasteiger partial charge in [0.05, 0.1) is 0 Å². The fourth-order valence-electron chi connectivity index (χ4n) is 0.736. The van der Waals surface area contributed by atoms with E-state index in [-0.39, 0.29) is 5.82 Å². The van der Waals surface area contributed by atoms with Crippen LogP contribution in [0.1, 0.15) is 5.56 Å². The molecule has 1 aromatic rings. The van der Waals surface area contributed by atoms with E-state index in [9.17, 15) is 9.18 Å². The van der Waals surface area contributed by atoms with Gasteiger partial charge in [0, 0.05) is 0 Å². The van der Waals surface area contributed by atoms with Gasteiger partial charge >= 0.3 is 0 Å². The van der Waals surface area contributed by atoms with E-state index in [1.807, 2.05) is 0 Å². The summed E-state index contributed by atoms with van der Waals surface area (Å²) in [5.41, 5.74) is 0.741. The molecular weight excluding hydrogens is 179 g/mol. The number of hydrogen-bond donors (Lipinski definition) is 0. The first-order chi connectivity index (χ1) is 5.68. The van der Waals surface area contributed by atoms with Crippen LogP contribution in [0.15, 0.2) is 30.3 Å². The van der Waals surface area contributed by atoms with Crippen LogP contribution in [0.4, 0.5) is 4.39 Å². The standard InChI is InChI=1S/C9H6ClFO/c10-9(12)6-3-7-1-4-8(11)5-2-7/h1-6H. The predicted molar refractivity (Wildman–Crippen MR) is 46.3 cm³/mol. The molecule has 12 heavy (non-hydrogen) atoms. The van der Waals surface area contributed by atoms with Gasteiger partial charge in [0.1, 0.15) is 5.82 Å². The van der Waals surface area contributed by atoms with Crippen LogP contribution in [0.25, 0.3) is 6.08 Å². The molecule has 0 amide bonds. The summed E-state index contributed by atoms with van der Waals surface area (Å²) in [6.07, 6.45) is 2.74. The zero-order chi connectivity index (χ0) is 8.97. The zero-order valence-corrected chi connectivity index (χ0v) is 6.88. The summed E-state index contributed by atoms with van der Waals surface area (Å²) in [5.74, 6) is -0.302. The van der Waals surface area contributed by atoms with Crippen molar-refractivity contribution in [3.63, 3.8) is 0 Å². The highest BCUT2D eigenvalue weighted by atomic mass is 35.5. The van der Waals surface area contributed by atoms with Gasteiger partial charge in [0.15, 0.2) is 0 Å². The summed E-state index contributed by atoms with van der Waals surface area (Å²) in [5, 5.41) is -0.542. The smallest absolute Gasteiger partial charge is 0.245 e. The Bertz CT molecular complexity index is 303. The molecule has 0 fully saturated rings. The van der Waals surface area contributed by atoms with E-state index in [4.69, 9.17) is 11.6 Å². The second kappa shape index (κ2) is 4.02. The van der Waals surface area contributed by atoms with E-state index >= 15 is 0 Å². The molecule has 0 atom stereocenters. The molecule has 0 aliphatic heterocycles. The number of allylic oxidation sites excluding steroid dienone is 1. The van der Waals surface area contributed by atoms with Crippen molar-refractivity contribution in [3.8, 4) is 0 Å². The Morgan fingerprint density at radius 3 is 2.42 bits per heavy atom. The maximum Gasteiger partial charge on any atom is 0.245 e. The molecule has 0 aromatic heterocycles. The maximum absolute atomic E-state index is 12.4. The minimum absolute atomic E-state index is 0.302. The average molecular weight is 185 g/mol. The van der Waals surface area contributed by atoms with Crippen molar-refractivity contribution in [3.05, 3.63) is 41.7 Å². The summed E-state index contributed by atoms with van der Waals surface area (Å²) in [6.45, 7) is 0. The van der Waals surface area contributed by atoms with Gasteiger partial charge in [0.25, 0.3) is 0 Å². The number of carbonyl (C=O) groups excluding carboxylic acids is 1. The number of rotatable bonds is 2. The molecule has 0 bridgehead atoms. The fraction of sp³-hybridized carbons (Fsp3) is 0. The lowest BCUT2D eigenvalue weighted by Gasteiger charge is -1.90. The van der Waals surface area contributed by atoms with E-state index in [2.05, 4.69) is 0 Å². The van der Waals surface area contributed by atoms with Crippen molar-refractivity contribution in [1.29, 1.82) is 0 Å². The van der Waals surface area contributed by atoms with E-state index in [0.29, 0.717) is 0 Å². The number of benzene rings is 1. The van der Waals surface area contributed by atoms with E-state index in [0.717, 1.165) is 5.56 Å². The number of halogens is 2. The molecule has 0 aliphatic rings. The van der Waals surface area contributed by atoms with Crippen LogP contribution in [0, 0.1) is 5.82 Å². The van der Waals surface area contributed by atoms with Crippen LogP contribution in [-0.4, -0.2) is 5.24 Å². The van der Waals surface area contributed by atoms with Crippen LogP contribution in [0.2, 0.25) is 0 Å². The van der Waals surface area contributed by atoms with Crippen LogP contribution in [-0.2, 0) is 4.79 Å². The molecule has 62 valence electrons. The van der Waals surface area contributed by atoms with Crippen molar-refractivity contribution < 1.29 is 9.18 Å². The largest absolute Gasteiger partial charge is 0.276 e. The van der Waals surface area contributed by atoms with Crippen molar-refractivity contribution >= 4 is 22.9 Å². The van der Waals surface area contributed by atoms with Crippen molar-refractivity contribution in [2.45, 2.75) is 0 Å². The molecule has 1 nitrogen and oxygen atoms in total. The van der Waals surface area contributed by atoms with Gasteiger partial charge in [-0.2, -0.15) is 0 Å². The van der Waals surface area contributed by atoms with Gasteiger partial charge in [-0.3, -0.25) is 4.79 Å². The molecule has 0 unspecified atom stereocenters. The van der Waals surface area contributed by atoms with Gasteiger partial charge in [-0.1, -0.05) is 18.2 Å². The van der Waals surface area contributed by atoms with Crippen molar-refractivity contribution in [1.82, 2.24) is 0 Å². The molecule has 1 aromatic carbocycles. The van der Waals surface area contributed by atoms with E-state index in [1.54, 1.807) is 12.1 Å². The van der Waals surface area contributed by atoms with Crippen molar-refractivity contribution in [2.24, 2.45) is 0 Å². The van der Waals surface area contributed by atoms with Gasteiger partial charge < -0.3 is 0 Å². The monoisotopic (exact) mass is 184 g/mol. The van der Waals surface area contributed by atoms with Crippen molar-refractivity contribution in [2.75, 3.05) is 0 Å². The number of hydrogen-bond acceptors (Lipinski definition) is 1. The normalized spacial score (nSPS) is 10.5.